The van der Waals surface area contributed by atoms with Crippen molar-refractivity contribution in [2.24, 2.45) is 0 Å². The highest BCUT2D eigenvalue weighted by Gasteiger charge is 2.25. The minimum Gasteiger partial charge on any atom is -0.464 e. The maximum atomic E-state index is 13.9. The van der Waals surface area contributed by atoms with Crippen LogP contribution in [0.1, 0.15) is 24.3 Å². The number of hydrogen-bond acceptors (Lipinski definition) is 4. The van der Waals surface area contributed by atoms with Crippen LogP contribution in [0.5, 0.6) is 0 Å². The Balaban J connectivity index is 2.30. The van der Waals surface area contributed by atoms with E-state index in [4.69, 9.17) is 16.3 Å². The number of aliphatic hydroxyl groups excluding tert-OH is 1. The molecular weight excluding hydrogens is 359 g/mol. The van der Waals surface area contributed by atoms with Crippen molar-refractivity contribution in [2.75, 3.05) is 13.7 Å². The van der Waals surface area contributed by atoms with Gasteiger partial charge in [-0.05, 0) is 43.7 Å². The first-order valence-electron chi connectivity index (χ1n) is 7.95. The highest BCUT2D eigenvalue weighted by atomic mass is 35.5. The van der Waals surface area contributed by atoms with Gasteiger partial charge in [-0.3, -0.25) is 0 Å². The van der Waals surface area contributed by atoms with Gasteiger partial charge in [-0.15, -0.1) is 0 Å². The molecule has 0 saturated heterocycles. The van der Waals surface area contributed by atoms with Gasteiger partial charge >= 0.3 is 5.97 Å². The molecular formula is C19H18ClFN2O3. The summed E-state index contributed by atoms with van der Waals surface area (Å²) in [5.41, 5.74) is 1.32. The molecule has 3 aromatic rings. The Kier molecular flexibility index (Phi) is 4.73. The number of carbonyl (C=O) groups is 1. The number of benzene rings is 1. The Morgan fingerprint density at radius 2 is 2.08 bits per heavy atom. The Morgan fingerprint density at radius 3 is 2.69 bits per heavy atom. The maximum absolute atomic E-state index is 13.9. The molecule has 0 radical (unpaired) electrons. The van der Waals surface area contributed by atoms with Crippen molar-refractivity contribution in [3.63, 3.8) is 0 Å². The van der Waals surface area contributed by atoms with E-state index in [9.17, 15) is 14.3 Å². The fraction of sp³-hybridized carbons (Fsp3) is 0.263. The van der Waals surface area contributed by atoms with Crippen LogP contribution < -0.4 is 0 Å². The summed E-state index contributed by atoms with van der Waals surface area (Å²) in [5.74, 6) is -1.08. The molecule has 0 saturated carbocycles. The van der Waals surface area contributed by atoms with E-state index in [1.807, 2.05) is 13.8 Å². The third-order valence-electron chi connectivity index (χ3n) is 4.32. The predicted molar refractivity (Wildman–Crippen MR) is 97.9 cm³/mol. The molecule has 0 bridgehead atoms. The number of nitrogens with zero attached hydrogens (tertiary/aromatic N) is 2. The number of carbonyl (C=O) groups excluding carboxylic acids is 1. The molecule has 0 aliphatic rings. The fourth-order valence-electron chi connectivity index (χ4n) is 2.75. The molecule has 2 aromatic heterocycles. The molecule has 5 nitrogen and oxygen atoms in total. The summed E-state index contributed by atoms with van der Waals surface area (Å²) in [6, 6.07) is 7.84. The van der Waals surface area contributed by atoms with E-state index in [2.05, 4.69) is 4.98 Å². The van der Waals surface area contributed by atoms with Crippen molar-refractivity contribution in [2.45, 2.75) is 19.4 Å². The molecule has 2 heterocycles. The zero-order valence-corrected chi connectivity index (χ0v) is 15.3. The molecule has 1 aromatic carbocycles. The molecule has 0 unspecified atom stereocenters. The first kappa shape index (κ1) is 18.4. The second-order valence-electron chi connectivity index (χ2n) is 6.57. The zero-order chi connectivity index (χ0) is 19.1. The average Bonchev–Trinajstić information content (AvgIpc) is 3.03. The number of methoxy groups -OCH3 is 1. The smallest absolute Gasteiger partial charge is 0.356 e. The predicted octanol–water partition coefficient (Wildman–Crippen LogP) is 4.01. The van der Waals surface area contributed by atoms with Crippen LogP contribution in [0.15, 0.2) is 36.5 Å². The lowest BCUT2D eigenvalue weighted by Gasteiger charge is -2.24. The standard InChI is InChI=1S/C19H18ClFN2O3/c1-19(2,10-24)23-9-13(11-4-6-14(20)15(21)8-11)12-5-7-16(18(25)26-3)22-17(12)23/h4-9,24H,10H2,1-3H3. The van der Waals surface area contributed by atoms with Gasteiger partial charge in [0.05, 0.1) is 24.3 Å². The van der Waals surface area contributed by atoms with Gasteiger partial charge in [0, 0.05) is 17.1 Å². The third-order valence-corrected chi connectivity index (χ3v) is 4.62. The van der Waals surface area contributed by atoms with Gasteiger partial charge in [-0.25, -0.2) is 14.2 Å². The lowest BCUT2D eigenvalue weighted by molar-refractivity contribution is 0.0594. The van der Waals surface area contributed by atoms with Crippen LogP contribution in [0.4, 0.5) is 4.39 Å². The number of halogens is 2. The number of aliphatic hydroxyl groups is 1. The Bertz CT molecular complexity index is 998. The van der Waals surface area contributed by atoms with Crippen LogP contribution in [-0.2, 0) is 10.3 Å². The molecule has 7 heteroatoms. The van der Waals surface area contributed by atoms with Crippen molar-refractivity contribution in [3.05, 3.63) is 53.1 Å². The first-order chi connectivity index (χ1) is 12.3. The largest absolute Gasteiger partial charge is 0.464 e. The quantitative estimate of drug-likeness (QED) is 0.699. The SMILES string of the molecule is COC(=O)c1ccc2c(-c3ccc(Cl)c(F)c3)cn(C(C)(C)CO)c2n1. The molecule has 0 aliphatic heterocycles. The second-order valence-corrected chi connectivity index (χ2v) is 6.98. The number of hydrogen-bond donors (Lipinski definition) is 1. The third kappa shape index (κ3) is 3.06. The van der Waals surface area contributed by atoms with Gasteiger partial charge in [0.1, 0.15) is 11.5 Å². The van der Waals surface area contributed by atoms with E-state index in [0.29, 0.717) is 11.2 Å². The average molecular weight is 377 g/mol. The van der Waals surface area contributed by atoms with Crippen molar-refractivity contribution in [3.8, 4) is 11.1 Å². The van der Waals surface area contributed by atoms with Crippen molar-refractivity contribution in [1.82, 2.24) is 9.55 Å². The Labute approximate surface area is 155 Å². The molecule has 0 spiro atoms. The summed E-state index contributed by atoms with van der Waals surface area (Å²) in [5, 5.41) is 10.5. The van der Waals surface area contributed by atoms with E-state index < -0.39 is 17.3 Å². The van der Waals surface area contributed by atoms with Crippen LogP contribution in [-0.4, -0.2) is 34.3 Å². The zero-order valence-electron chi connectivity index (χ0n) is 14.6. The minimum atomic E-state index is -0.677. The van der Waals surface area contributed by atoms with Crippen LogP contribution in [0.2, 0.25) is 5.02 Å². The van der Waals surface area contributed by atoms with E-state index in [1.54, 1.807) is 29.0 Å². The van der Waals surface area contributed by atoms with Gasteiger partial charge in [0.15, 0.2) is 5.69 Å². The Morgan fingerprint density at radius 1 is 1.35 bits per heavy atom. The number of ether oxygens (including phenoxy) is 1. The van der Waals surface area contributed by atoms with Gasteiger partial charge in [-0.1, -0.05) is 17.7 Å². The molecule has 0 fully saturated rings. The lowest BCUT2D eigenvalue weighted by Crippen LogP contribution is -2.30. The summed E-state index contributed by atoms with van der Waals surface area (Å²) >= 11 is 5.78. The molecule has 0 atom stereocenters. The van der Waals surface area contributed by atoms with Gasteiger partial charge in [-0.2, -0.15) is 0 Å². The highest BCUT2D eigenvalue weighted by Crippen LogP contribution is 2.34. The van der Waals surface area contributed by atoms with E-state index in [-0.39, 0.29) is 17.3 Å². The van der Waals surface area contributed by atoms with Crippen LogP contribution in [0, 0.1) is 5.82 Å². The van der Waals surface area contributed by atoms with E-state index in [1.165, 1.54) is 19.2 Å². The monoisotopic (exact) mass is 376 g/mol. The normalized spacial score (nSPS) is 11.8. The maximum Gasteiger partial charge on any atom is 0.356 e. The molecule has 1 N–H and O–H groups in total. The lowest BCUT2D eigenvalue weighted by atomic mass is 10.1. The minimum absolute atomic E-state index is 0.0410. The summed E-state index contributed by atoms with van der Waals surface area (Å²) < 4.78 is 20.4. The number of aromatic nitrogens is 2. The van der Waals surface area contributed by atoms with Crippen LogP contribution >= 0.6 is 11.6 Å². The topological polar surface area (TPSA) is 64.3 Å². The van der Waals surface area contributed by atoms with E-state index in [0.717, 1.165) is 10.9 Å². The fourth-order valence-corrected chi connectivity index (χ4v) is 2.87. The molecule has 0 amide bonds. The number of esters is 1. The van der Waals surface area contributed by atoms with Gasteiger partial charge < -0.3 is 14.4 Å². The molecule has 3 rings (SSSR count). The first-order valence-corrected chi connectivity index (χ1v) is 8.33. The summed E-state index contributed by atoms with van der Waals surface area (Å²) in [7, 11) is 1.28. The number of rotatable bonds is 4. The van der Waals surface area contributed by atoms with Gasteiger partial charge in [0.25, 0.3) is 0 Å². The number of fused-ring (bicyclic) bond motifs is 1. The summed E-state index contributed by atoms with van der Waals surface area (Å²) in [6.07, 6.45) is 1.79. The highest BCUT2D eigenvalue weighted by molar-refractivity contribution is 6.30. The molecule has 136 valence electrons. The van der Waals surface area contributed by atoms with Gasteiger partial charge in [0.2, 0.25) is 0 Å². The number of pyridine rings is 1. The van der Waals surface area contributed by atoms with Crippen molar-refractivity contribution in [1.29, 1.82) is 0 Å². The molecule has 0 aliphatic carbocycles. The Hall–Kier alpha value is -2.44. The van der Waals surface area contributed by atoms with E-state index >= 15 is 0 Å². The second kappa shape index (κ2) is 6.70. The van der Waals surface area contributed by atoms with Crippen molar-refractivity contribution < 1.29 is 19.0 Å². The summed E-state index contributed by atoms with van der Waals surface area (Å²) in [4.78, 5) is 16.2. The van der Waals surface area contributed by atoms with Crippen molar-refractivity contribution >= 4 is 28.6 Å². The molecule has 26 heavy (non-hydrogen) atoms. The van der Waals surface area contributed by atoms with Crippen LogP contribution in [0.3, 0.4) is 0 Å². The summed E-state index contributed by atoms with van der Waals surface area (Å²) in [6.45, 7) is 3.53. The van der Waals surface area contributed by atoms with Crippen LogP contribution in [0.25, 0.3) is 22.2 Å².